The van der Waals surface area contributed by atoms with Crippen molar-refractivity contribution in [1.82, 2.24) is 5.32 Å². The normalized spacial score (nSPS) is 12.6. The molecule has 0 aromatic heterocycles. The van der Waals surface area contributed by atoms with Crippen molar-refractivity contribution in [1.29, 1.82) is 0 Å². The molecule has 0 aliphatic rings. The second-order valence-electron chi connectivity index (χ2n) is 19.6. The molecule has 0 heterocycles. The van der Waals surface area contributed by atoms with E-state index in [-0.39, 0.29) is 18.5 Å². The summed E-state index contributed by atoms with van der Waals surface area (Å²) in [5.74, 6) is -0.0893. The van der Waals surface area contributed by atoms with Crippen LogP contribution in [0.2, 0.25) is 0 Å². The third-order valence-corrected chi connectivity index (χ3v) is 13.3. The summed E-state index contributed by atoms with van der Waals surface area (Å²) in [6, 6.07) is -0.639. The van der Waals surface area contributed by atoms with E-state index >= 15 is 0 Å². The maximum atomic E-state index is 12.5. The van der Waals surface area contributed by atoms with Gasteiger partial charge >= 0.3 is 5.97 Å². The summed E-state index contributed by atoms with van der Waals surface area (Å²) in [5, 5.41) is 23.2. The molecule has 0 fully saturated rings. The van der Waals surface area contributed by atoms with E-state index in [1.165, 1.54) is 231 Å². The Hall–Kier alpha value is -1.40. The van der Waals surface area contributed by atoms with E-state index in [4.69, 9.17) is 4.74 Å². The van der Waals surface area contributed by atoms with Crippen molar-refractivity contribution in [3.63, 3.8) is 0 Å². The average Bonchev–Trinajstić information content (AvgIpc) is 3.28. The van der Waals surface area contributed by atoms with Crippen LogP contribution in [0.4, 0.5) is 0 Å². The van der Waals surface area contributed by atoms with Crippen LogP contribution in [0.3, 0.4) is 0 Å². The van der Waals surface area contributed by atoms with E-state index < -0.39 is 12.1 Å². The van der Waals surface area contributed by atoms with Crippen LogP contribution in [0.15, 0.2) is 12.2 Å². The Bertz CT molecular complexity index is 939. The van der Waals surface area contributed by atoms with Crippen molar-refractivity contribution in [2.45, 2.75) is 328 Å². The van der Waals surface area contributed by atoms with E-state index in [2.05, 4.69) is 19.2 Å². The predicted octanol–water partition coefficient (Wildman–Crippen LogP) is 17.3. The zero-order valence-corrected chi connectivity index (χ0v) is 42.6. The number of amides is 1. The second kappa shape index (κ2) is 53.2. The number of ether oxygens (including phenoxy) is 1. The lowest BCUT2D eigenvalue weighted by Crippen LogP contribution is -2.45. The standard InChI is InChI=1S/C57H111NO5/c1-3-5-7-9-11-13-15-17-18-19-20-21-22-23-24-25-26-29-33-37-41-45-49-55(60)54(53-59)58-56(61)50-46-42-38-34-30-27-28-32-36-40-44-48-52-63-57(62)51-47-43-39-35-31-16-14-12-10-8-6-4-2/h45,49,54-55,59-60H,3-44,46-48,50-53H2,1-2H3,(H,58,61)/b49-45+. The fraction of sp³-hybridized carbons (Fsp3) is 0.930. The maximum absolute atomic E-state index is 12.5. The minimum Gasteiger partial charge on any atom is -0.466 e. The monoisotopic (exact) mass is 890 g/mol. The first-order valence-corrected chi connectivity index (χ1v) is 28.5. The molecule has 0 saturated heterocycles. The Morgan fingerprint density at radius 1 is 0.429 bits per heavy atom. The number of esters is 1. The SMILES string of the molecule is CCCCCCCCCCCCCCCCCCCCCC/C=C/C(O)C(CO)NC(=O)CCCCCCCCCCCCCCOC(=O)CCCCCCCCCCCCCC. The van der Waals surface area contributed by atoms with Crippen LogP contribution in [0.5, 0.6) is 0 Å². The van der Waals surface area contributed by atoms with Gasteiger partial charge in [0.2, 0.25) is 5.91 Å². The van der Waals surface area contributed by atoms with Crippen LogP contribution in [-0.2, 0) is 14.3 Å². The van der Waals surface area contributed by atoms with Crippen molar-refractivity contribution in [2.75, 3.05) is 13.2 Å². The Labute approximate surface area is 393 Å². The molecule has 0 bridgehead atoms. The first kappa shape index (κ1) is 61.6. The second-order valence-corrected chi connectivity index (χ2v) is 19.6. The van der Waals surface area contributed by atoms with Crippen LogP contribution in [0.25, 0.3) is 0 Å². The summed E-state index contributed by atoms with van der Waals surface area (Å²) >= 11 is 0. The van der Waals surface area contributed by atoms with Crippen LogP contribution >= 0.6 is 0 Å². The molecule has 3 N–H and O–H groups in total. The third kappa shape index (κ3) is 49.9. The molecule has 63 heavy (non-hydrogen) atoms. The molecule has 6 heteroatoms. The smallest absolute Gasteiger partial charge is 0.305 e. The predicted molar refractivity (Wildman–Crippen MR) is 273 cm³/mol. The molecular weight excluding hydrogens is 779 g/mol. The minimum absolute atomic E-state index is 0.00931. The highest BCUT2D eigenvalue weighted by Crippen LogP contribution is 2.17. The number of carbonyl (C=O) groups is 2. The van der Waals surface area contributed by atoms with Crippen molar-refractivity contribution >= 4 is 11.9 Å². The molecule has 2 atom stereocenters. The highest BCUT2D eigenvalue weighted by atomic mass is 16.5. The Morgan fingerprint density at radius 3 is 1.08 bits per heavy atom. The van der Waals surface area contributed by atoms with Crippen LogP contribution in [-0.4, -0.2) is 47.4 Å². The van der Waals surface area contributed by atoms with Gasteiger partial charge in [-0.3, -0.25) is 9.59 Å². The summed E-state index contributed by atoms with van der Waals surface area (Å²) in [4.78, 5) is 24.5. The van der Waals surface area contributed by atoms with Crippen LogP contribution in [0.1, 0.15) is 316 Å². The third-order valence-electron chi connectivity index (χ3n) is 13.3. The fourth-order valence-corrected chi connectivity index (χ4v) is 8.93. The zero-order chi connectivity index (χ0) is 45.8. The maximum Gasteiger partial charge on any atom is 0.305 e. The molecule has 1 amide bonds. The van der Waals surface area contributed by atoms with Gasteiger partial charge < -0.3 is 20.3 Å². The molecule has 0 rings (SSSR count). The first-order chi connectivity index (χ1) is 31.0. The highest BCUT2D eigenvalue weighted by molar-refractivity contribution is 5.76. The van der Waals surface area contributed by atoms with Crippen molar-refractivity contribution in [2.24, 2.45) is 0 Å². The molecule has 0 aliphatic carbocycles. The number of unbranched alkanes of at least 4 members (excludes halogenated alkanes) is 42. The number of hydrogen-bond donors (Lipinski definition) is 3. The lowest BCUT2D eigenvalue weighted by molar-refractivity contribution is -0.143. The zero-order valence-electron chi connectivity index (χ0n) is 42.6. The Balaban J connectivity index is 3.49. The lowest BCUT2D eigenvalue weighted by atomic mass is 10.0. The van der Waals surface area contributed by atoms with E-state index in [1.54, 1.807) is 6.08 Å². The van der Waals surface area contributed by atoms with E-state index in [1.807, 2.05) is 6.08 Å². The van der Waals surface area contributed by atoms with Gasteiger partial charge in [-0.15, -0.1) is 0 Å². The molecule has 0 aliphatic heterocycles. The van der Waals surface area contributed by atoms with E-state index in [9.17, 15) is 19.8 Å². The number of aliphatic hydroxyl groups excluding tert-OH is 2. The highest BCUT2D eigenvalue weighted by Gasteiger charge is 2.18. The molecular formula is C57H111NO5. The van der Waals surface area contributed by atoms with Gasteiger partial charge in [0.15, 0.2) is 0 Å². The van der Waals surface area contributed by atoms with Gasteiger partial charge in [0.1, 0.15) is 0 Å². The summed E-state index contributed by atoms with van der Waals surface area (Å²) in [6.45, 7) is 4.89. The lowest BCUT2D eigenvalue weighted by Gasteiger charge is -2.20. The molecule has 6 nitrogen and oxygen atoms in total. The van der Waals surface area contributed by atoms with Crippen molar-refractivity contribution in [3.05, 3.63) is 12.2 Å². The minimum atomic E-state index is -0.854. The topological polar surface area (TPSA) is 95.9 Å². The van der Waals surface area contributed by atoms with Gasteiger partial charge in [-0.05, 0) is 32.1 Å². The van der Waals surface area contributed by atoms with Gasteiger partial charge in [-0.1, -0.05) is 283 Å². The summed E-state index contributed by atoms with van der Waals surface area (Å²) in [6.07, 6.45) is 62.2. The van der Waals surface area contributed by atoms with Crippen molar-refractivity contribution in [3.8, 4) is 0 Å². The molecule has 0 saturated carbocycles. The number of aliphatic hydroxyl groups is 2. The summed E-state index contributed by atoms with van der Waals surface area (Å²) < 4.78 is 5.46. The number of hydrogen-bond acceptors (Lipinski definition) is 5. The average molecular weight is 891 g/mol. The summed E-state index contributed by atoms with van der Waals surface area (Å²) in [5.41, 5.74) is 0. The summed E-state index contributed by atoms with van der Waals surface area (Å²) in [7, 11) is 0. The van der Waals surface area contributed by atoms with Gasteiger partial charge in [-0.2, -0.15) is 0 Å². The fourth-order valence-electron chi connectivity index (χ4n) is 8.93. The van der Waals surface area contributed by atoms with E-state index in [0.29, 0.717) is 19.4 Å². The van der Waals surface area contributed by atoms with Gasteiger partial charge in [0.25, 0.3) is 0 Å². The van der Waals surface area contributed by atoms with Gasteiger partial charge in [0.05, 0.1) is 25.4 Å². The Kier molecular flexibility index (Phi) is 52.0. The molecule has 0 aromatic carbocycles. The van der Waals surface area contributed by atoms with Crippen LogP contribution < -0.4 is 5.32 Å². The van der Waals surface area contributed by atoms with Gasteiger partial charge in [0, 0.05) is 12.8 Å². The molecule has 2 unspecified atom stereocenters. The molecule has 0 spiro atoms. The quantitative estimate of drug-likeness (QED) is 0.0321. The van der Waals surface area contributed by atoms with Gasteiger partial charge in [-0.25, -0.2) is 0 Å². The largest absolute Gasteiger partial charge is 0.466 e. The van der Waals surface area contributed by atoms with E-state index in [0.717, 1.165) is 57.8 Å². The number of rotatable bonds is 53. The number of nitrogens with one attached hydrogen (secondary N) is 1. The Morgan fingerprint density at radius 2 is 0.730 bits per heavy atom. The molecule has 0 radical (unpaired) electrons. The first-order valence-electron chi connectivity index (χ1n) is 28.5. The molecule has 0 aromatic rings. The number of allylic oxidation sites excluding steroid dienone is 1. The van der Waals surface area contributed by atoms with Crippen LogP contribution in [0, 0.1) is 0 Å². The molecule has 374 valence electrons. The number of carbonyl (C=O) groups excluding carboxylic acids is 2. The van der Waals surface area contributed by atoms with Crippen molar-refractivity contribution < 1.29 is 24.5 Å².